The van der Waals surface area contributed by atoms with Gasteiger partial charge in [0.1, 0.15) is 0 Å². The minimum absolute atomic E-state index is 0.0382. The van der Waals surface area contributed by atoms with Crippen molar-refractivity contribution in [2.45, 2.75) is 64.3 Å². The van der Waals surface area contributed by atoms with E-state index in [1.165, 1.54) is 25.7 Å². The van der Waals surface area contributed by atoms with E-state index in [2.05, 4.69) is 25.9 Å². The van der Waals surface area contributed by atoms with E-state index in [4.69, 9.17) is 4.74 Å². The van der Waals surface area contributed by atoms with Crippen LogP contribution in [0.5, 0.6) is 0 Å². The standard InChI is InChI=1S/C15H29NO2/c1-5-7-13-8-10-15(11-9-13,16(3)4)12-14(17)18-6-2/h13H,5-12H2,1-4H3. The Bertz CT molecular complexity index is 255. The maximum atomic E-state index is 11.8. The molecule has 0 saturated heterocycles. The molecular weight excluding hydrogens is 226 g/mol. The van der Waals surface area contributed by atoms with Gasteiger partial charge in [-0.2, -0.15) is 0 Å². The highest BCUT2D eigenvalue weighted by atomic mass is 16.5. The van der Waals surface area contributed by atoms with Crippen LogP contribution in [0.25, 0.3) is 0 Å². The number of ether oxygens (including phenoxy) is 1. The van der Waals surface area contributed by atoms with Gasteiger partial charge in [-0.25, -0.2) is 0 Å². The monoisotopic (exact) mass is 255 g/mol. The Hall–Kier alpha value is -0.570. The second-order valence-corrected chi connectivity index (χ2v) is 5.83. The van der Waals surface area contributed by atoms with E-state index in [1.54, 1.807) is 0 Å². The molecule has 0 spiro atoms. The molecule has 0 N–H and O–H groups in total. The minimum Gasteiger partial charge on any atom is -0.466 e. The van der Waals surface area contributed by atoms with Crippen LogP contribution in [0.4, 0.5) is 0 Å². The summed E-state index contributed by atoms with van der Waals surface area (Å²) in [6, 6.07) is 0. The van der Waals surface area contributed by atoms with Crippen LogP contribution in [0.3, 0.4) is 0 Å². The molecule has 0 atom stereocenters. The first-order valence-corrected chi connectivity index (χ1v) is 7.37. The molecule has 0 aromatic rings. The average Bonchev–Trinajstić information content (AvgIpc) is 2.32. The van der Waals surface area contributed by atoms with Crippen molar-refractivity contribution in [3.8, 4) is 0 Å². The summed E-state index contributed by atoms with van der Waals surface area (Å²) in [6.07, 6.45) is 7.93. The first kappa shape index (κ1) is 15.5. The highest BCUT2D eigenvalue weighted by Crippen LogP contribution is 2.39. The molecular formula is C15H29NO2. The molecule has 1 saturated carbocycles. The van der Waals surface area contributed by atoms with Gasteiger partial charge in [0.2, 0.25) is 0 Å². The quantitative estimate of drug-likeness (QED) is 0.682. The van der Waals surface area contributed by atoms with E-state index in [0.29, 0.717) is 13.0 Å². The van der Waals surface area contributed by atoms with Crippen molar-refractivity contribution in [2.75, 3.05) is 20.7 Å². The highest BCUT2D eigenvalue weighted by Gasteiger charge is 2.39. The van der Waals surface area contributed by atoms with E-state index in [-0.39, 0.29) is 11.5 Å². The molecule has 1 aliphatic rings. The van der Waals surface area contributed by atoms with E-state index in [1.807, 2.05) is 6.92 Å². The summed E-state index contributed by atoms with van der Waals surface area (Å²) in [5.74, 6) is 0.824. The molecule has 0 aliphatic heterocycles. The second-order valence-electron chi connectivity index (χ2n) is 5.83. The zero-order valence-electron chi connectivity index (χ0n) is 12.5. The molecule has 0 amide bonds. The number of nitrogens with zero attached hydrogens (tertiary/aromatic N) is 1. The van der Waals surface area contributed by atoms with Gasteiger partial charge in [0, 0.05) is 5.54 Å². The van der Waals surface area contributed by atoms with Gasteiger partial charge >= 0.3 is 5.97 Å². The van der Waals surface area contributed by atoms with Crippen LogP contribution in [0, 0.1) is 5.92 Å². The number of rotatable bonds is 6. The summed E-state index contributed by atoms with van der Waals surface area (Å²) in [7, 11) is 4.19. The van der Waals surface area contributed by atoms with Crippen molar-refractivity contribution >= 4 is 5.97 Å². The van der Waals surface area contributed by atoms with Gasteiger partial charge in [0.05, 0.1) is 13.0 Å². The summed E-state index contributed by atoms with van der Waals surface area (Å²) in [6.45, 7) is 4.62. The van der Waals surface area contributed by atoms with Gasteiger partial charge in [-0.1, -0.05) is 19.8 Å². The van der Waals surface area contributed by atoms with Gasteiger partial charge < -0.3 is 9.64 Å². The molecule has 106 valence electrons. The molecule has 0 unspecified atom stereocenters. The van der Waals surface area contributed by atoms with Crippen molar-refractivity contribution in [1.29, 1.82) is 0 Å². The van der Waals surface area contributed by atoms with Crippen molar-refractivity contribution in [1.82, 2.24) is 4.90 Å². The topological polar surface area (TPSA) is 29.5 Å². The lowest BCUT2D eigenvalue weighted by Gasteiger charge is -2.44. The third kappa shape index (κ3) is 3.98. The molecule has 0 aromatic heterocycles. The van der Waals surface area contributed by atoms with Crippen molar-refractivity contribution < 1.29 is 9.53 Å². The number of carbonyl (C=O) groups excluding carboxylic acids is 1. The number of hydrogen-bond donors (Lipinski definition) is 0. The second kappa shape index (κ2) is 7.13. The van der Waals surface area contributed by atoms with E-state index >= 15 is 0 Å². The summed E-state index contributed by atoms with van der Waals surface area (Å²) in [5, 5.41) is 0. The minimum atomic E-state index is -0.0415. The number of carbonyl (C=O) groups is 1. The Morgan fingerprint density at radius 1 is 1.28 bits per heavy atom. The van der Waals surface area contributed by atoms with E-state index in [9.17, 15) is 4.79 Å². The Kier molecular flexibility index (Phi) is 6.13. The predicted molar refractivity (Wildman–Crippen MR) is 74.5 cm³/mol. The predicted octanol–water partition coefficient (Wildman–Crippen LogP) is 3.23. The van der Waals surface area contributed by atoms with Gasteiger partial charge in [-0.15, -0.1) is 0 Å². The zero-order valence-corrected chi connectivity index (χ0v) is 12.5. The normalized spacial score (nSPS) is 28.4. The van der Waals surface area contributed by atoms with Crippen LogP contribution in [0.15, 0.2) is 0 Å². The molecule has 0 aromatic carbocycles. The SMILES string of the molecule is CCCC1CCC(CC(=O)OCC)(N(C)C)CC1. The first-order valence-electron chi connectivity index (χ1n) is 7.37. The van der Waals surface area contributed by atoms with Crippen molar-refractivity contribution in [3.63, 3.8) is 0 Å². The van der Waals surface area contributed by atoms with Gasteiger partial charge in [-0.3, -0.25) is 4.79 Å². The fraction of sp³-hybridized carbons (Fsp3) is 0.933. The molecule has 3 heteroatoms. The lowest BCUT2D eigenvalue weighted by Crippen LogP contribution is -2.48. The fourth-order valence-corrected chi connectivity index (χ4v) is 3.17. The smallest absolute Gasteiger partial charge is 0.307 e. The molecule has 0 radical (unpaired) electrons. The molecule has 18 heavy (non-hydrogen) atoms. The van der Waals surface area contributed by atoms with Crippen LogP contribution in [-0.4, -0.2) is 37.1 Å². The molecule has 1 rings (SSSR count). The molecule has 1 aliphatic carbocycles. The van der Waals surface area contributed by atoms with Gasteiger partial charge in [0.15, 0.2) is 0 Å². The Balaban J connectivity index is 2.58. The van der Waals surface area contributed by atoms with Crippen LogP contribution in [0.1, 0.15) is 58.8 Å². The van der Waals surface area contributed by atoms with Crippen LogP contribution < -0.4 is 0 Å². The van der Waals surface area contributed by atoms with Gasteiger partial charge in [0.25, 0.3) is 0 Å². The van der Waals surface area contributed by atoms with E-state index in [0.717, 1.165) is 18.8 Å². The van der Waals surface area contributed by atoms with E-state index < -0.39 is 0 Å². The largest absolute Gasteiger partial charge is 0.466 e. The highest BCUT2D eigenvalue weighted by molar-refractivity contribution is 5.70. The van der Waals surface area contributed by atoms with Crippen molar-refractivity contribution in [2.24, 2.45) is 5.92 Å². The summed E-state index contributed by atoms with van der Waals surface area (Å²) >= 11 is 0. The maximum Gasteiger partial charge on any atom is 0.307 e. The Morgan fingerprint density at radius 3 is 2.33 bits per heavy atom. The lowest BCUT2D eigenvalue weighted by atomic mass is 9.73. The van der Waals surface area contributed by atoms with Gasteiger partial charge in [-0.05, 0) is 52.6 Å². The fourth-order valence-electron chi connectivity index (χ4n) is 3.17. The average molecular weight is 255 g/mol. The van der Waals surface area contributed by atoms with Crippen molar-refractivity contribution in [3.05, 3.63) is 0 Å². The molecule has 0 heterocycles. The summed E-state index contributed by atoms with van der Waals surface area (Å²) in [4.78, 5) is 14.0. The summed E-state index contributed by atoms with van der Waals surface area (Å²) in [5.41, 5.74) is 0.0382. The van der Waals surface area contributed by atoms with Crippen LogP contribution in [0.2, 0.25) is 0 Å². The van der Waals surface area contributed by atoms with Crippen LogP contribution in [-0.2, 0) is 9.53 Å². The molecule has 3 nitrogen and oxygen atoms in total. The maximum absolute atomic E-state index is 11.8. The molecule has 0 bridgehead atoms. The third-order valence-electron chi connectivity index (χ3n) is 4.46. The third-order valence-corrected chi connectivity index (χ3v) is 4.46. The zero-order chi connectivity index (χ0) is 13.6. The van der Waals surface area contributed by atoms with Crippen LogP contribution >= 0.6 is 0 Å². The summed E-state index contributed by atoms with van der Waals surface area (Å²) < 4.78 is 5.13. The lowest BCUT2D eigenvalue weighted by molar-refractivity contribution is -0.147. The first-order chi connectivity index (χ1) is 8.54. The number of esters is 1. The molecule has 1 fully saturated rings. The number of hydrogen-bond acceptors (Lipinski definition) is 3. The Labute approximate surface area is 112 Å². The Morgan fingerprint density at radius 2 is 1.89 bits per heavy atom.